The second-order valence-electron chi connectivity index (χ2n) is 8.31. The van der Waals surface area contributed by atoms with E-state index in [-0.39, 0.29) is 18.4 Å². The van der Waals surface area contributed by atoms with E-state index in [1.54, 1.807) is 0 Å². The van der Waals surface area contributed by atoms with E-state index in [9.17, 15) is 14.7 Å². The maximum atomic E-state index is 12.8. The minimum absolute atomic E-state index is 0.135. The molecular formula is C25H26N4O3. The highest BCUT2D eigenvalue weighted by atomic mass is 16.4. The first kappa shape index (κ1) is 20.3. The van der Waals surface area contributed by atoms with Crippen LogP contribution in [0.3, 0.4) is 0 Å². The number of hydrazine groups is 2. The molecule has 1 amide bonds. The summed E-state index contributed by atoms with van der Waals surface area (Å²) < 4.78 is 0. The van der Waals surface area contributed by atoms with E-state index in [0.717, 1.165) is 47.4 Å². The fourth-order valence-corrected chi connectivity index (χ4v) is 4.76. The molecule has 3 aliphatic heterocycles. The second kappa shape index (κ2) is 8.51. The molecule has 2 atom stereocenters. The minimum atomic E-state index is -1.01. The Morgan fingerprint density at radius 3 is 2.72 bits per heavy atom. The van der Waals surface area contributed by atoms with E-state index >= 15 is 0 Å². The molecule has 7 nitrogen and oxygen atoms in total. The van der Waals surface area contributed by atoms with Gasteiger partial charge in [-0.3, -0.25) is 15.2 Å². The number of benzene rings is 1. The molecule has 0 aromatic heterocycles. The molecule has 164 valence electrons. The Morgan fingerprint density at radius 2 is 1.97 bits per heavy atom. The Kier molecular flexibility index (Phi) is 5.41. The molecule has 0 fully saturated rings. The summed E-state index contributed by atoms with van der Waals surface area (Å²) in [4.78, 5) is 25.1. The molecule has 3 heterocycles. The molecular weight excluding hydrogens is 404 g/mol. The molecule has 0 bridgehead atoms. The van der Waals surface area contributed by atoms with E-state index < -0.39 is 12.0 Å². The van der Waals surface area contributed by atoms with Crippen molar-refractivity contribution in [3.8, 4) is 0 Å². The molecule has 2 unspecified atom stereocenters. The third-order valence-corrected chi connectivity index (χ3v) is 6.28. The van der Waals surface area contributed by atoms with Gasteiger partial charge in [0.25, 0.3) is 0 Å². The van der Waals surface area contributed by atoms with Gasteiger partial charge >= 0.3 is 5.97 Å². The Labute approximate surface area is 187 Å². The summed E-state index contributed by atoms with van der Waals surface area (Å²) in [6.45, 7) is 0. The van der Waals surface area contributed by atoms with Crippen molar-refractivity contribution in [2.24, 2.45) is 0 Å². The van der Waals surface area contributed by atoms with Gasteiger partial charge in [0.2, 0.25) is 5.91 Å². The summed E-state index contributed by atoms with van der Waals surface area (Å²) in [7, 11) is 0. The van der Waals surface area contributed by atoms with Crippen molar-refractivity contribution >= 4 is 11.9 Å². The molecule has 3 N–H and O–H groups in total. The van der Waals surface area contributed by atoms with Gasteiger partial charge in [0.05, 0.1) is 17.4 Å². The lowest BCUT2D eigenvalue weighted by Gasteiger charge is -2.36. The molecule has 0 spiro atoms. The number of hydrogen-bond acceptors (Lipinski definition) is 5. The monoisotopic (exact) mass is 430 g/mol. The van der Waals surface area contributed by atoms with Crippen molar-refractivity contribution in [2.45, 2.75) is 44.2 Å². The first-order valence-corrected chi connectivity index (χ1v) is 11.0. The van der Waals surface area contributed by atoms with Crippen LogP contribution in [0.2, 0.25) is 0 Å². The average Bonchev–Trinajstić information content (AvgIpc) is 3.21. The molecule has 1 aromatic rings. The van der Waals surface area contributed by atoms with Gasteiger partial charge in [-0.05, 0) is 55.0 Å². The third-order valence-electron chi connectivity index (χ3n) is 6.28. The number of nitrogens with one attached hydrogen (secondary N) is 2. The first-order chi connectivity index (χ1) is 15.6. The molecule has 32 heavy (non-hydrogen) atoms. The Bertz CT molecular complexity index is 1080. The summed E-state index contributed by atoms with van der Waals surface area (Å²) in [5.74, 6) is -1.25. The van der Waals surface area contributed by atoms with Crippen LogP contribution in [0, 0.1) is 0 Å². The van der Waals surface area contributed by atoms with Crippen LogP contribution in [0.1, 0.15) is 43.7 Å². The lowest BCUT2D eigenvalue weighted by molar-refractivity contribution is -0.151. The van der Waals surface area contributed by atoms with E-state index in [1.807, 2.05) is 59.8 Å². The van der Waals surface area contributed by atoms with Crippen molar-refractivity contribution in [1.29, 1.82) is 0 Å². The highest BCUT2D eigenvalue weighted by molar-refractivity contribution is 5.87. The van der Waals surface area contributed by atoms with Crippen molar-refractivity contribution in [1.82, 2.24) is 20.9 Å². The lowest BCUT2D eigenvalue weighted by atomic mass is 9.92. The van der Waals surface area contributed by atoms with Crippen molar-refractivity contribution < 1.29 is 14.7 Å². The zero-order valence-corrected chi connectivity index (χ0v) is 17.7. The largest absolute Gasteiger partial charge is 0.479 e. The van der Waals surface area contributed by atoms with Crippen LogP contribution in [0.5, 0.6) is 0 Å². The number of rotatable bonds is 5. The van der Waals surface area contributed by atoms with Gasteiger partial charge in [0.15, 0.2) is 6.04 Å². The van der Waals surface area contributed by atoms with Gasteiger partial charge in [-0.1, -0.05) is 42.5 Å². The van der Waals surface area contributed by atoms with Gasteiger partial charge in [0.1, 0.15) is 0 Å². The number of allylic oxidation sites excluding steroid dienone is 4. The predicted molar refractivity (Wildman–Crippen MR) is 120 cm³/mol. The van der Waals surface area contributed by atoms with Crippen LogP contribution < -0.4 is 10.9 Å². The van der Waals surface area contributed by atoms with Gasteiger partial charge in [-0.25, -0.2) is 15.2 Å². The SMILES string of the molecule is O=C(O)C(C1=CCCCC1)N1NC(C2=C3C=CC=CN3NC2c2ccccc2)=CCC1=O. The number of amides is 1. The van der Waals surface area contributed by atoms with Crippen LogP contribution in [-0.4, -0.2) is 33.0 Å². The van der Waals surface area contributed by atoms with E-state index in [0.29, 0.717) is 6.42 Å². The maximum absolute atomic E-state index is 12.8. The first-order valence-electron chi connectivity index (χ1n) is 11.0. The fraction of sp³-hybridized carbons (Fsp3) is 0.280. The predicted octanol–water partition coefficient (Wildman–Crippen LogP) is 3.46. The summed E-state index contributed by atoms with van der Waals surface area (Å²) in [6.07, 6.45) is 15.5. The van der Waals surface area contributed by atoms with E-state index in [2.05, 4.69) is 23.0 Å². The normalized spacial score (nSPS) is 23.5. The van der Waals surface area contributed by atoms with Gasteiger partial charge in [0, 0.05) is 18.2 Å². The Hall–Kier alpha value is -3.58. The van der Waals surface area contributed by atoms with Crippen molar-refractivity contribution in [3.63, 3.8) is 0 Å². The number of nitrogens with zero attached hydrogens (tertiary/aromatic N) is 2. The molecule has 1 aromatic carbocycles. The highest BCUT2D eigenvalue weighted by Crippen LogP contribution is 2.39. The number of hydrogen-bond donors (Lipinski definition) is 3. The van der Waals surface area contributed by atoms with Gasteiger partial charge in [-0.15, -0.1) is 0 Å². The lowest BCUT2D eigenvalue weighted by Crippen LogP contribution is -2.55. The minimum Gasteiger partial charge on any atom is -0.479 e. The number of aliphatic carboxylic acids is 1. The number of carboxylic acid groups (broad SMARTS) is 1. The van der Waals surface area contributed by atoms with Crippen molar-refractivity contribution in [2.75, 3.05) is 0 Å². The van der Waals surface area contributed by atoms with Crippen LogP contribution in [0.4, 0.5) is 0 Å². The number of carbonyl (C=O) groups is 2. The second-order valence-corrected chi connectivity index (χ2v) is 8.31. The third kappa shape index (κ3) is 3.65. The topological polar surface area (TPSA) is 84.9 Å². The Balaban J connectivity index is 1.52. The smallest absolute Gasteiger partial charge is 0.332 e. The van der Waals surface area contributed by atoms with Gasteiger partial charge in [-0.2, -0.15) is 0 Å². The standard InChI is InChI=1S/C25H26N4O3/c30-21-15-14-19(26-29(21)24(25(31)32)18-11-5-2-6-12-18)22-20-13-7-8-16-28(20)27-23(22)17-9-3-1-4-10-17/h1,3-4,7-11,13-14,16,23-24,26-27H,2,5-6,12,15H2,(H,31,32). The average molecular weight is 431 g/mol. The maximum Gasteiger partial charge on any atom is 0.332 e. The van der Waals surface area contributed by atoms with Crippen LogP contribution in [0.15, 0.2) is 89.5 Å². The summed E-state index contributed by atoms with van der Waals surface area (Å²) in [5.41, 5.74) is 11.3. The fourth-order valence-electron chi connectivity index (χ4n) is 4.76. The molecule has 0 saturated carbocycles. The molecule has 0 radical (unpaired) electrons. The molecule has 0 saturated heterocycles. The van der Waals surface area contributed by atoms with Crippen LogP contribution >= 0.6 is 0 Å². The molecule has 5 rings (SSSR count). The van der Waals surface area contributed by atoms with Crippen molar-refractivity contribution in [3.05, 3.63) is 95.0 Å². The summed E-state index contributed by atoms with van der Waals surface area (Å²) in [5, 5.41) is 13.3. The molecule has 7 heteroatoms. The van der Waals surface area contributed by atoms with Crippen LogP contribution in [0.25, 0.3) is 0 Å². The zero-order chi connectivity index (χ0) is 22.1. The van der Waals surface area contributed by atoms with Crippen LogP contribution in [-0.2, 0) is 9.59 Å². The zero-order valence-electron chi connectivity index (χ0n) is 17.7. The summed E-state index contributed by atoms with van der Waals surface area (Å²) >= 11 is 0. The number of fused-ring (bicyclic) bond motifs is 1. The molecule has 4 aliphatic rings. The number of carbonyl (C=O) groups excluding carboxylic acids is 1. The quantitative estimate of drug-likeness (QED) is 0.621. The summed E-state index contributed by atoms with van der Waals surface area (Å²) in [6, 6.07) is 8.95. The van der Waals surface area contributed by atoms with Gasteiger partial charge < -0.3 is 5.11 Å². The highest BCUT2D eigenvalue weighted by Gasteiger charge is 2.39. The van der Waals surface area contributed by atoms with E-state index in [4.69, 9.17) is 0 Å². The van der Waals surface area contributed by atoms with E-state index in [1.165, 1.54) is 5.01 Å². The molecule has 1 aliphatic carbocycles. The number of carboxylic acids is 1. The Morgan fingerprint density at radius 1 is 1.12 bits per heavy atom.